The van der Waals surface area contributed by atoms with Crippen molar-refractivity contribution in [1.82, 2.24) is 9.97 Å². The summed E-state index contributed by atoms with van der Waals surface area (Å²) in [5.74, 6) is -0.274. The van der Waals surface area contributed by atoms with Gasteiger partial charge in [0.2, 0.25) is 0 Å². The average Bonchev–Trinajstić information content (AvgIpc) is 1.80. The lowest BCUT2D eigenvalue weighted by molar-refractivity contribution is 0.472. The Morgan fingerprint density at radius 1 is 1.78 bits per heavy atom. The molecule has 0 radical (unpaired) electrons. The van der Waals surface area contributed by atoms with Crippen molar-refractivity contribution < 1.29 is 5.11 Å². The molecule has 0 unspecified atom stereocenters. The molecular formula is C4H5N3O2. The van der Waals surface area contributed by atoms with Gasteiger partial charge in [0, 0.05) is 0 Å². The zero-order valence-electron chi connectivity index (χ0n) is 4.46. The lowest BCUT2D eigenvalue weighted by Gasteiger charge is -1.92. The number of anilines is 1. The molecule has 1 rings (SSSR count). The molecule has 0 saturated heterocycles. The van der Waals surface area contributed by atoms with E-state index in [-0.39, 0.29) is 11.6 Å². The van der Waals surface area contributed by atoms with Gasteiger partial charge in [-0.15, -0.1) is 0 Å². The molecule has 5 heteroatoms. The maximum absolute atomic E-state index is 10.3. The van der Waals surface area contributed by atoms with E-state index in [0.717, 1.165) is 6.20 Å². The van der Waals surface area contributed by atoms with E-state index < -0.39 is 5.69 Å². The topological polar surface area (TPSA) is 92.0 Å². The maximum atomic E-state index is 10.3. The molecule has 0 aliphatic rings. The minimum Gasteiger partial charge on any atom is -0.503 e. The van der Waals surface area contributed by atoms with Crippen LogP contribution in [0.1, 0.15) is 0 Å². The zero-order valence-corrected chi connectivity index (χ0v) is 4.46. The number of hydrogen-bond donors (Lipinski definition) is 3. The van der Waals surface area contributed by atoms with Crippen LogP contribution in [0.3, 0.4) is 0 Å². The number of nitrogens with zero attached hydrogens (tertiary/aromatic N) is 1. The van der Waals surface area contributed by atoms with Gasteiger partial charge in [-0.25, -0.2) is 4.79 Å². The Labute approximate surface area is 50.2 Å². The van der Waals surface area contributed by atoms with Gasteiger partial charge in [-0.2, -0.15) is 4.98 Å². The standard InChI is InChI=1S/C4H5N3O2/c5-3-2(8)1-6-4(9)7-3/h1,8H,(H3,5,6,7,9). The largest absolute Gasteiger partial charge is 0.503 e. The Morgan fingerprint density at radius 3 is 2.89 bits per heavy atom. The summed E-state index contributed by atoms with van der Waals surface area (Å²) in [6.45, 7) is 0. The number of rotatable bonds is 0. The zero-order chi connectivity index (χ0) is 6.85. The second kappa shape index (κ2) is 1.77. The molecule has 5 nitrogen and oxygen atoms in total. The lowest BCUT2D eigenvalue weighted by atomic mass is 10.5. The summed E-state index contributed by atoms with van der Waals surface area (Å²) in [6.07, 6.45) is 0.994. The minimum atomic E-state index is -0.565. The molecule has 0 atom stereocenters. The third kappa shape index (κ3) is 0.987. The van der Waals surface area contributed by atoms with Crippen LogP contribution in [0.5, 0.6) is 5.75 Å². The van der Waals surface area contributed by atoms with Crippen molar-refractivity contribution in [2.75, 3.05) is 5.73 Å². The predicted molar refractivity (Wildman–Crippen MR) is 30.9 cm³/mol. The Kier molecular flexibility index (Phi) is 1.11. The van der Waals surface area contributed by atoms with Crippen LogP contribution in [0, 0.1) is 0 Å². The first kappa shape index (κ1) is 5.61. The van der Waals surface area contributed by atoms with Gasteiger partial charge in [0.25, 0.3) is 0 Å². The van der Waals surface area contributed by atoms with Gasteiger partial charge in [-0.1, -0.05) is 0 Å². The fourth-order valence-corrected chi connectivity index (χ4v) is 0.401. The van der Waals surface area contributed by atoms with E-state index in [4.69, 9.17) is 10.8 Å². The number of H-pyrrole nitrogens is 1. The predicted octanol–water partition coefficient (Wildman–Crippen LogP) is -0.942. The third-order valence-corrected chi connectivity index (χ3v) is 0.822. The van der Waals surface area contributed by atoms with Crippen LogP contribution in [-0.4, -0.2) is 15.1 Å². The van der Waals surface area contributed by atoms with Crippen molar-refractivity contribution in [2.45, 2.75) is 0 Å². The minimum absolute atomic E-state index is 0.0602. The molecule has 9 heavy (non-hydrogen) atoms. The monoisotopic (exact) mass is 127 g/mol. The summed E-state index contributed by atoms with van der Waals surface area (Å²) in [5.41, 5.74) is 4.51. The summed E-state index contributed by atoms with van der Waals surface area (Å²) in [5, 5.41) is 8.69. The van der Waals surface area contributed by atoms with Gasteiger partial charge in [-0.3, -0.25) is 4.98 Å². The fourth-order valence-electron chi connectivity index (χ4n) is 0.401. The highest BCUT2D eigenvalue weighted by Crippen LogP contribution is 2.09. The number of hydrogen-bond acceptors (Lipinski definition) is 4. The van der Waals surface area contributed by atoms with Crippen molar-refractivity contribution in [2.24, 2.45) is 0 Å². The van der Waals surface area contributed by atoms with Gasteiger partial charge in [0.15, 0.2) is 5.75 Å². The second-order valence-electron chi connectivity index (χ2n) is 1.49. The van der Waals surface area contributed by atoms with E-state index in [1.807, 2.05) is 0 Å². The normalized spacial score (nSPS) is 9.33. The highest BCUT2D eigenvalue weighted by atomic mass is 16.3. The first-order chi connectivity index (χ1) is 4.20. The van der Waals surface area contributed by atoms with E-state index in [1.54, 1.807) is 0 Å². The van der Waals surface area contributed by atoms with Crippen molar-refractivity contribution in [3.63, 3.8) is 0 Å². The lowest BCUT2D eigenvalue weighted by Crippen LogP contribution is -2.10. The van der Waals surface area contributed by atoms with Crippen LogP contribution in [0.2, 0.25) is 0 Å². The molecule has 48 valence electrons. The number of aromatic nitrogens is 2. The Hall–Kier alpha value is -1.52. The summed E-state index contributed by atoms with van der Waals surface area (Å²) in [6, 6.07) is 0. The highest BCUT2D eigenvalue weighted by Gasteiger charge is 1.93. The Morgan fingerprint density at radius 2 is 2.44 bits per heavy atom. The fraction of sp³-hybridized carbons (Fsp3) is 0. The molecule has 0 fully saturated rings. The molecule has 4 N–H and O–H groups in total. The third-order valence-electron chi connectivity index (χ3n) is 0.822. The first-order valence-electron chi connectivity index (χ1n) is 2.24. The van der Waals surface area contributed by atoms with Crippen molar-refractivity contribution >= 4 is 5.82 Å². The molecule has 1 aromatic heterocycles. The maximum Gasteiger partial charge on any atom is 0.346 e. The van der Waals surface area contributed by atoms with Crippen LogP contribution in [0.15, 0.2) is 11.0 Å². The van der Waals surface area contributed by atoms with Crippen LogP contribution >= 0.6 is 0 Å². The first-order valence-corrected chi connectivity index (χ1v) is 2.24. The Bertz CT molecular complexity index is 267. The van der Waals surface area contributed by atoms with Crippen LogP contribution in [0.4, 0.5) is 5.82 Å². The molecule has 1 aromatic rings. The number of aromatic amines is 1. The van der Waals surface area contributed by atoms with E-state index in [2.05, 4.69) is 9.97 Å². The van der Waals surface area contributed by atoms with Crippen molar-refractivity contribution in [3.05, 3.63) is 16.7 Å². The number of aromatic hydroxyl groups is 1. The van der Waals surface area contributed by atoms with Gasteiger partial charge in [-0.05, 0) is 0 Å². The van der Waals surface area contributed by atoms with E-state index in [1.165, 1.54) is 0 Å². The number of nitrogens with two attached hydrogens (primary N) is 1. The molecule has 0 aliphatic carbocycles. The molecule has 1 heterocycles. The molecule has 0 bridgehead atoms. The SMILES string of the molecule is Nc1[nH]c(=O)ncc1O. The summed E-state index contributed by atoms with van der Waals surface area (Å²) < 4.78 is 0. The Balaban J connectivity index is 3.34. The van der Waals surface area contributed by atoms with Crippen molar-refractivity contribution in [1.29, 1.82) is 0 Å². The van der Waals surface area contributed by atoms with Gasteiger partial charge in [0.1, 0.15) is 5.82 Å². The van der Waals surface area contributed by atoms with Gasteiger partial charge >= 0.3 is 5.69 Å². The average molecular weight is 127 g/mol. The van der Waals surface area contributed by atoms with E-state index in [0.29, 0.717) is 0 Å². The smallest absolute Gasteiger partial charge is 0.346 e. The van der Waals surface area contributed by atoms with E-state index >= 15 is 0 Å². The van der Waals surface area contributed by atoms with Crippen LogP contribution in [-0.2, 0) is 0 Å². The molecule has 0 aromatic carbocycles. The summed E-state index contributed by atoms with van der Waals surface area (Å²) in [4.78, 5) is 15.6. The molecule has 0 spiro atoms. The molecule has 0 saturated carbocycles. The molecule has 0 aliphatic heterocycles. The van der Waals surface area contributed by atoms with Gasteiger partial charge < -0.3 is 10.8 Å². The number of nitrogen functional groups attached to an aromatic ring is 1. The van der Waals surface area contributed by atoms with E-state index in [9.17, 15) is 4.79 Å². The molecular weight excluding hydrogens is 122 g/mol. The number of nitrogens with one attached hydrogen (secondary N) is 1. The molecule has 0 amide bonds. The summed E-state index contributed by atoms with van der Waals surface area (Å²) in [7, 11) is 0. The quantitative estimate of drug-likeness (QED) is 0.419. The van der Waals surface area contributed by atoms with Crippen molar-refractivity contribution in [3.8, 4) is 5.75 Å². The highest BCUT2D eigenvalue weighted by molar-refractivity contribution is 5.40. The van der Waals surface area contributed by atoms with Crippen LogP contribution in [0.25, 0.3) is 0 Å². The van der Waals surface area contributed by atoms with Gasteiger partial charge in [0.05, 0.1) is 6.20 Å². The second-order valence-corrected chi connectivity index (χ2v) is 1.49. The summed E-state index contributed by atoms with van der Waals surface area (Å²) >= 11 is 0. The van der Waals surface area contributed by atoms with Crippen LogP contribution < -0.4 is 11.4 Å².